The Labute approximate surface area is 71.7 Å². The highest BCUT2D eigenvalue weighted by Crippen LogP contribution is 2.03. The standard InChI is InChI=1S/C7H15NO2S/c1-11-7-5-3-2-4-6-8(9)10/h6H,2-5,7H2,1H3,(H,9,10). The second kappa shape index (κ2) is 7.72. The average Bonchev–Trinajstić information content (AvgIpc) is 1.96. The van der Waals surface area contributed by atoms with E-state index >= 15 is 0 Å². The third-order valence-electron chi connectivity index (χ3n) is 1.34. The van der Waals surface area contributed by atoms with E-state index in [2.05, 4.69) is 6.26 Å². The molecule has 11 heavy (non-hydrogen) atoms. The van der Waals surface area contributed by atoms with Gasteiger partial charge in [0.05, 0.1) is 0 Å². The lowest BCUT2D eigenvalue weighted by atomic mass is 10.2. The highest BCUT2D eigenvalue weighted by molar-refractivity contribution is 7.98. The van der Waals surface area contributed by atoms with E-state index in [1.165, 1.54) is 18.4 Å². The Morgan fingerprint density at radius 1 is 1.45 bits per heavy atom. The molecule has 0 aliphatic heterocycles. The molecule has 0 aliphatic rings. The van der Waals surface area contributed by atoms with E-state index in [0.29, 0.717) is 6.42 Å². The fourth-order valence-corrected chi connectivity index (χ4v) is 1.26. The Balaban J connectivity index is 2.97. The summed E-state index contributed by atoms with van der Waals surface area (Å²) < 4.78 is 0. The van der Waals surface area contributed by atoms with Crippen LogP contribution in [0, 0.1) is 5.21 Å². The minimum Gasteiger partial charge on any atom is -0.418 e. The summed E-state index contributed by atoms with van der Waals surface area (Å²) in [6, 6.07) is 0. The zero-order chi connectivity index (χ0) is 8.53. The van der Waals surface area contributed by atoms with Crippen LogP contribution in [0.2, 0.25) is 0 Å². The molecular formula is C7H15NO2S. The minimum atomic E-state index is -0.116. The van der Waals surface area contributed by atoms with Gasteiger partial charge in [-0.1, -0.05) is 6.42 Å². The van der Waals surface area contributed by atoms with Gasteiger partial charge in [0.1, 0.15) is 0 Å². The van der Waals surface area contributed by atoms with Crippen LogP contribution in [0.3, 0.4) is 0 Å². The summed E-state index contributed by atoms with van der Waals surface area (Å²) in [7, 11) is 0. The van der Waals surface area contributed by atoms with Crippen molar-refractivity contribution < 1.29 is 10.1 Å². The molecule has 0 saturated carbocycles. The molecule has 0 amide bonds. The zero-order valence-corrected chi connectivity index (χ0v) is 7.64. The van der Waals surface area contributed by atoms with E-state index in [9.17, 15) is 5.21 Å². The van der Waals surface area contributed by atoms with Gasteiger partial charge in [0, 0.05) is 11.3 Å². The van der Waals surface area contributed by atoms with Crippen molar-refractivity contribution in [2.45, 2.75) is 25.7 Å². The Hall–Kier alpha value is -0.380. The van der Waals surface area contributed by atoms with Crippen LogP contribution in [0.4, 0.5) is 0 Å². The number of unbranched alkanes of at least 4 members (excludes halogenated alkanes) is 3. The topological polar surface area (TPSA) is 46.3 Å². The van der Waals surface area contributed by atoms with Crippen molar-refractivity contribution in [2.24, 2.45) is 0 Å². The van der Waals surface area contributed by atoms with Crippen LogP contribution < -0.4 is 0 Å². The van der Waals surface area contributed by atoms with Crippen molar-refractivity contribution in [2.75, 3.05) is 12.0 Å². The highest BCUT2D eigenvalue weighted by Gasteiger charge is 1.90. The fourth-order valence-electron chi connectivity index (χ4n) is 0.769. The first-order chi connectivity index (χ1) is 5.27. The van der Waals surface area contributed by atoms with Crippen LogP contribution in [-0.4, -0.2) is 28.3 Å². The summed E-state index contributed by atoms with van der Waals surface area (Å²) >= 11 is 1.83. The van der Waals surface area contributed by atoms with Gasteiger partial charge in [-0.05, 0) is 24.9 Å². The lowest BCUT2D eigenvalue weighted by molar-refractivity contribution is -0.723. The van der Waals surface area contributed by atoms with Crippen molar-refractivity contribution >= 4 is 18.0 Å². The Kier molecular flexibility index (Phi) is 7.46. The fraction of sp³-hybridized carbons (Fsp3) is 0.857. The zero-order valence-electron chi connectivity index (χ0n) is 6.82. The number of nitrogens with zero attached hydrogens (tertiary/aromatic N) is 1. The normalized spacial score (nSPS) is 11.9. The predicted molar refractivity (Wildman–Crippen MR) is 48.3 cm³/mol. The average molecular weight is 177 g/mol. The monoisotopic (exact) mass is 177 g/mol. The third-order valence-corrected chi connectivity index (χ3v) is 2.03. The van der Waals surface area contributed by atoms with Gasteiger partial charge in [-0.2, -0.15) is 11.8 Å². The van der Waals surface area contributed by atoms with Crippen molar-refractivity contribution in [1.82, 2.24) is 0 Å². The first kappa shape index (κ1) is 10.6. The maximum atomic E-state index is 9.95. The Morgan fingerprint density at radius 2 is 2.18 bits per heavy atom. The van der Waals surface area contributed by atoms with Crippen LogP contribution in [-0.2, 0) is 0 Å². The molecule has 0 aliphatic carbocycles. The first-order valence-corrected chi connectivity index (χ1v) is 5.14. The molecule has 4 heteroatoms. The third kappa shape index (κ3) is 9.62. The molecule has 0 heterocycles. The molecule has 0 aromatic carbocycles. The molecule has 0 saturated heterocycles. The SMILES string of the molecule is CSCCCCC/C=[N+](\[O-])O. The van der Waals surface area contributed by atoms with E-state index < -0.39 is 0 Å². The number of thioether (sulfide) groups is 1. The van der Waals surface area contributed by atoms with Crippen molar-refractivity contribution in [3.05, 3.63) is 5.21 Å². The molecule has 3 nitrogen and oxygen atoms in total. The summed E-state index contributed by atoms with van der Waals surface area (Å²) in [5.74, 6) is 1.18. The van der Waals surface area contributed by atoms with E-state index in [1.807, 2.05) is 11.8 Å². The highest BCUT2D eigenvalue weighted by atomic mass is 32.2. The molecule has 0 rings (SSSR count). The van der Waals surface area contributed by atoms with Gasteiger partial charge < -0.3 is 5.21 Å². The molecule has 0 aromatic rings. The molecule has 1 N–H and O–H groups in total. The molecule has 66 valence electrons. The van der Waals surface area contributed by atoms with E-state index in [1.54, 1.807) is 0 Å². The molecular weight excluding hydrogens is 162 g/mol. The summed E-state index contributed by atoms with van der Waals surface area (Å²) in [4.78, 5) is -0.116. The summed E-state index contributed by atoms with van der Waals surface area (Å²) in [6.45, 7) is 0. The van der Waals surface area contributed by atoms with Crippen LogP contribution in [0.25, 0.3) is 0 Å². The van der Waals surface area contributed by atoms with Crippen LogP contribution in [0.15, 0.2) is 0 Å². The molecule has 0 fully saturated rings. The Bertz CT molecular complexity index is 113. The smallest absolute Gasteiger partial charge is 0.209 e. The molecule has 0 unspecified atom stereocenters. The van der Waals surface area contributed by atoms with Crippen molar-refractivity contribution in [1.29, 1.82) is 0 Å². The van der Waals surface area contributed by atoms with Gasteiger partial charge in [-0.15, -0.1) is 0 Å². The van der Waals surface area contributed by atoms with Crippen molar-refractivity contribution in [3.8, 4) is 0 Å². The van der Waals surface area contributed by atoms with Gasteiger partial charge in [0.25, 0.3) is 0 Å². The summed E-state index contributed by atoms with van der Waals surface area (Å²) in [6.07, 6.45) is 7.32. The maximum absolute atomic E-state index is 9.95. The van der Waals surface area contributed by atoms with Crippen LogP contribution in [0.5, 0.6) is 0 Å². The summed E-state index contributed by atoms with van der Waals surface area (Å²) in [5, 5.41) is 18.1. The predicted octanol–water partition coefficient (Wildman–Crippen LogP) is 1.88. The first-order valence-electron chi connectivity index (χ1n) is 3.75. The van der Waals surface area contributed by atoms with Gasteiger partial charge in [-0.25, -0.2) is 0 Å². The minimum absolute atomic E-state index is 0.116. The number of rotatable bonds is 6. The van der Waals surface area contributed by atoms with Gasteiger partial charge in [0.2, 0.25) is 6.21 Å². The Morgan fingerprint density at radius 3 is 2.73 bits per heavy atom. The molecule has 0 radical (unpaired) electrons. The molecule has 0 aromatic heterocycles. The number of hydrogen-bond donors (Lipinski definition) is 1. The van der Waals surface area contributed by atoms with Crippen LogP contribution in [0.1, 0.15) is 25.7 Å². The largest absolute Gasteiger partial charge is 0.418 e. The summed E-state index contributed by atoms with van der Waals surface area (Å²) in [5.41, 5.74) is 0. The maximum Gasteiger partial charge on any atom is 0.209 e. The number of hydrogen-bond acceptors (Lipinski definition) is 3. The molecule has 0 bridgehead atoms. The lowest BCUT2D eigenvalue weighted by Gasteiger charge is -1.94. The van der Waals surface area contributed by atoms with Gasteiger partial charge in [0.15, 0.2) is 0 Å². The van der Waals surface area contributed by atoms with E-state index in [-0.39, 0.29) is 4.90 Å². The van der Waals surface area contributed by atoms with Gasteiger partial charge in [-0.3, -0.25) is 5.21 Å². The van der Waals surface area contributed by atoms with Crippen molar-refractivity contribution in [3.63, 3.8) is 0 Å². The van der Waals surface area contributed by atoms with Gasteiger partial charge >= 0.3 is 0 Å². The van der Waals surface area contributed by atoms with E-state index in [4.69, 9.17) is 5.21 Å². The quantitative estimate of drug-likeness (QED) is 0.221. The second-order valence-electron chi connectivity index (χ2n) is 2.33. The molecule has 0 atom stereocenters. The molecule has 0 spiro atoms. The lowest BCUT2D eigenvalue weighted by Crippen LogP contribution is -1.96. The van der Waals surface area contributed by atoms with Crippen LogP contribution >= 0.6 is 11.8 Å². The van der Waals surface area contributed by atoms with E-state index in [0.717, 1.165) is 12.8 Å². The second-order valence-corrected chi connectivity index (χ2v) is 3.31.